The average Bonchev–Trinajstić information content (AvgIpc) is 2.72. The minimum Gasteiger partial charge on any atom is -0.299 e. The Bertz CT molecular complexity index is 589. The SMILES string of the molecule is CC(=O)SCCn1c(-c2ccccc2)n[nH]c1=S. The van der Waals surface area contributed by atoms with Gasteiger partial charge in [0.05, 0.1) is 0 Å². The van der Waals surface area contributed by atoms with E-state index in [-0.39, 0.29) is 5.12 Å². The quantitative estimate of drug-likeness (QED) is 0.874. The number of H-pyrrole nitrogens is 1. The lowest BCUT2D eigenvalue weighted by molar-refractivity contribution is -0.109. The summed E-state index contributed by atoms with van der Waals surface area (Å²) < 4.78 is 2.50. The van der Waals surface area contributed by atoms with Gasteiger partial charge in [0.2, 0.25) is 0 Å². The summed E-state index contributed by atoms with van der Waals surface area (Å²) >= 11 is 6.50. The number of aromatic nitrogens is 3. The highest BCUT2D eigenvalue weighted by atomic mass is 32.2. The van der Waals surface area contributed by atoms with Gasteiger partial charge in [-0.25, -0.2) is 0 Å². The van der Waals surface area contributed by atoms with Gasteiger partial charge in [-0.05, 0) is 12.2 Å². The van der Waals surface area contributed by atoms with Crippen LogP contribution in [0.25, 0.3) is 11.4 Å². The molecule has 0 radical (unpaired) electrons. The van der Waals surface area contributed by atoms with E-state index in [0.717, 1.165) is 11.4 Å². The number of hydrogen-bond acceptors (Lipinski definition) is 4. The molecule has 0 saturated carbocycles. The Morgan fingerprint density at radius 3 is 2.83 bits per heavy atom. The van der Waals surface area contributed by atoms with Crippen LogP contribution in [0.3, 0.4) is 0 Å². The molecule has 0 aliphatic rings. The van der Waals surface area contributed by atoms with E-state index in [1.54, 1.807) is 6.92 Å². The Balaban J connectivity index is 2.22. The van der Waals surface area contributed by atoms with E-state index in [1.165, 1.54) is 11.8 Å². The van der Waals surface area contributed by atoms with Crippen LogP contribution in [0.2, 0.25) is 0 Å². The number of aromatic amines is 1. The maximum absolute atomic E-state index is 10.9. The topological polar surface area (TPSA) is 50.7 Å². The van der Waals surface area contributed by atoms with Gasteiger partial charge in [-0.2, -0.15) is 5.10 Å². The molecule has 94 valence electrons. The third kappa shape index (κ3) is 3.08. The molecule has 1 aromatic heterocycles. The summed E-state index contributed by atoms with van der Waals surface area (Å²) in [7, 11) is 0. The fraction of sp³-hybridized carbons (Fsp3) is 0.250. The molecule has 2 aromatic rings. The third-order valence-electron chi connectivity index (χ3n) is 2.41. The first-order valence-corrected chi connectivity index (χ1v) is 6.92. The fourth-order valence-electron chi connectivity index (χ4n) is 1.61. The summed E-state index contributed by atoms with van der Waals surface area (Å²) in [4.78, 5) is 10.9. The molecule has 4 nitrogen and oxygen atoms in total. The highest BCUT2D eigenvalue weighted by Gasteiger charge is 2.08. The molecule has 0 amide bonds. The number of nitrogens with one attached hydrogen (secondary N) is 1. The van der Waals surface area contributed by atoms with E-state index < -0.39 is 0 Å². The smallest absolute Gasteiger partial charge is 0.195 e. The molecule has 0 aliphatic heterocycles. The van der Waals surface area contributed by atoms with Crippen molar-refractivity contribution >= 4 is 29.1 Å². The first-order valence-electron chi connectivity index (χ1n) is 5.52. The number of rotatable bonds is 4. The zero-order valence-corrected chi connectivity index (χ0v) is 11.6. The van der Waals surface area contributed by atoms with Gasteiger partial charge in [0.1, 0.15) is 0 Å². The molecule has 0 saturated heterocycles. The highest BCUT2D eigenvalue weighted by molar-refractivity contribution is 8.13. The predicted molar refractivity (Wildman–Crippen MR) is 76.0 cm³/mol. The molecule has 2 rings (SSSR count). The maximum Gasteiger partial charge on any atom is 0.195 e. The number of benzene rings is 1. The van der Waals surface area contributed by atoms with E-state index in [0.29, 0.717) is 17.1 Å². The van der Waals surface area contributed by atoms with Gasteiger partial charge in [-0.1, -0.05) is 42.1 Å². The monoisotopic (exact) mass is 279 g/mol. The van der Waals surface area contributed by atoms with Crippen LogP contribution in [0, 0.1) is 4.77 Å². The maximum atomic E-state index is 10.9. The Morgan fingerprint density at radius 2 is 2.17 bits per heavy atom. The van der Waals surface area contributed by atoms with E-state index in [9.17, 15) is 4.79 Å². The van der Waals surface area contributed by atoms with Crippen LogP contribution in [0.5, 0.6) is 0 Å². The Morgan fingerprint density at radius 1 is 1.44 bits per heavy atom. The molecule has 1 N–H and O–H groups in total. The first-order chi connectivity index (χ1) is 8.68. The van der Waals surface area contributed by atoms with Crippen molar-refractivity contribution in [1.29, 1.82) is 0 Å². The predicted octanol–water partition coefficient (Wildman–Crippen LogP) is 2.89. The molecule has 0 fully saturated rings. The molecule has 1 heterocycles. The van der Waals surface area contributed by atoms with Gasteiger partial charge in [0, 0.05) is 24.8 Å². The minimum atomic E-state index is 0.117. The second-order valence-corrected chi connectivity index (χ2v) is 5.37. The second-order valence-electron chi connectivity index (χ2n) is 3.71. The van der Waals surface area contributed by atoms with E-state index >= 15 is 0 Å². The summed E-state index contributed by atoms with van der Waals surface area (Å²) in [6.45, 7) is 2.24. The normalized spacial score (nSPS) is 10.5. The van der Waals surface area contributed by atoms with Crippen molar-refractivity contribution in [3.05, 3.63) is 35.1 Å². The Hall–Kier alpha value is -1.40. The molecule has 0 spiro atoms. The number of carbonyl (C=O) groups excluding carboxylic acids is 1. The summed E-state index contributed by atoms with van der Waals surface area (Å²) in [5, 5.41) is 7.15. The van der Waals surface area contributed by atoms with E-state index in [1.807, 2.05) is 34.9 Å². The number of thioether (sulfide) groups is 1. The number of carbonyl (C=O) groups is 1. The van der Waals surface area contributed by atoms with E-state index in [2.05, 4.69) is 10.2 Å². The lowest BCUT2D eigenvalue weighted by Crippen LogP contribution is -2.04. The van der Waals surface area contributed by atoms with Crippen LogP contribution in [0.4, 0.5) is 0 Å². The van der Waals surface area contributed by atoms with Crippen LogP contribution < -0.4 is 0 Å². The summed E-state index contributed by atoms with van der Waals surface area (Å²) in [6, 6.07) is 9.85. The number of hydrogen-bond donors (Lipinski definition) is 1. The van der Waals surface area contributed by atoms with Gasteiger partial charge >= 0.3 is 0 Å². The largest absolute Gasteiger partial charge is 0.299 e. The average molecular weight is 279 g/mol. The van der Waals surface area contributed by atoms with Gasteiger partial charge in [0.25, 0.3) is 0 Å². The molecular weight excluding hydrogens is 266 g/mol. The molecule has 1 aromatic carbocycles. The Labute approximate surface area is 114 Å². The minimum absolute atomic E-state index is 0.117. The van der Waals surface area contributed by atoms with Crippen molar-refractivity contribution in [3.8, 4) is 11.4 Å². The molecule has 0 bridgehead atoms. The van der Waals surface area contributed by atoms with Crippen molar-refractivity contribution in [2.45, 2.75) is 13.5 Å². The van der Waals surface area contributed by atoms with Crippen LogP contribution in [0.1, 0.15) is 6.92 Å². The van der Waals surface area contributed by atoms with Crippen LogP contribution in [0.15, 0.2) is 30.3 Å². The van der Waals surface area contributed by atoms with Crippen molar-refractivity contribution in [3.63, 3.8) is 0 Å². The van der Waals surface area contributed by atoms with Crippen LogP contribution in [-0.4, -0.2) is 25.6 Å². The molecule has 6 heteroatoms. The first kappa shape index (κ1) is 13.0. The molecule has 18 heavy (non-hydrogen) atoms. The Kier molecular flexibility index (Phi) is 4.33. The van der Waals surface area contributed by atoms with Gasteiger partial charge in [0.15, 0.2) is 15.7 Å². The number of nitrogens with zero attached hydrogens (tertiary/aromatic N) is 2. The standard InChI is InChI=1S/C12H13N3OS2/c1-9(16)18-8-7-15-11(13-14-12(15)17)10-5-3-2-4-6-10/h2-6H,7-8H2,1H3,(H,14,17). The van der Waals surface area contributed by atoms with E-state index in [4.69, 9.17) is 12.2 Å². The summed E-state index contributed by atoms with van der Waals surface area (Å²) in [6.07, 6.45) is 0. The van der Waals surface area contributed by atoms with Gasteiger partial charge in [-0.3, -0.25) is 14.5 Å². The van der Waals surface area contributed by atoms with Crippen molar-refractivity contribution in [2.24, 2.45) is 0 Å². The summed E-state index contributed by atoms with van der Waals surface area (Å²) in [5.74, 6) is 1.51. The highest BCUT2D eigenvalue weighted by Crippen LogP contribution is 2.17. The van der Waals surface area contributed by atoms with Crippen molar-refractivity contribution in [2.75, 3.05) is 5.75 Å². The molecule has 0 aliphatic carbocycles. The zero-order valence-electron chi connectivity index (χ0n) is 9.92. The van der Waals surface area contributed by atoms with Crippen molar-refractivity contribution < 1.29 is 4.79 Å². The molecule has 0 atom stereocenters. The fourth-order valence-corrected chi connectivity index (χ4v) is 2.40. The van der Waals surface area contributed by atoms with Crippen molar-refractivity contribution in [1.82, 2.24) is 14.8 Å². The molecule has 0 unspecified atom stereocenters. The molecular formula is C12H13N3OS2. The van der Waals surface area contributed by atoms with Crippen LogP contribution >= 0.6 is 24.0 Å². The van der Waals surface area contributed by atoms with Gasteiger partial charge < -0.3 is 0 Å². The zero-order chi connectivity index (χ0) is 13.0. The van der Waals surface area contributed by atoms with Crippen LogP contribution in [-0.2, 0) is 11.3 Å². The second kappa shape index (κ2) is 5.97. The lowest BCUT2D eigenvalue weighted by Gasteiger charge is -2.05. The van der Waals surface area contributed by atoms with Gasteiger partial charge in [-0.15, -0.1) is 0 Å². The lowest BCUT2D eigenvalue weighted by atomic mass is 10.2. The third-order valence-corrected chi connectivity index (χ3v) is 3.52. The summed E-state index contributed by atoms with van der Waals surface area (Å²) in [5.41, 5.74) is 1.01.